The predicted molar refractivity (Wildman–Crippen MR) is 89.9 cm³/mol. The molecule has 124 valence electrons. The zero-order chi connectivity index (χ0) is 16.4. The van der Waals surface area contributed by atoms with Crippen molar-refractivity contribution in [3.05, 3.63) is 29.6 Å². The van der Waals surface area contributed by atoms with E-state index in [9.17, 15) is 4.39 Å². The number of nitrogens with zero attached hydrogens (tertiary/aromatic N) is 1. The van der Waals surface area contributed by atoms with E-state index in [4.69, 9.17) is 4.74 Å². The van der Waals surface area contributed by atoms with Gasteiger partial charge in [-0.2, -0.15) is 0 Å². The monoisotopic (exact) mass is 309 g/mol. The van der Waals surface area contributed by atoms with Crippen LogP contribution in [-0.2, 0) is 6.54 Å². The summed E-state index contributed by atoms with van der Waals surface area (Å²) in [4.78, 5) is 4.20. The van der Waals surface area contributed by atoms with E-state index in [-0.39, 0.29) is 11.6 Å². The molecule has 0 aromatic heterocycles. The second kappa shape index (κ2) is 10.0. The number of ether oxygens (including phenoxy) is 1. The quantitative estimate of drug-likeness (QED) is 0.439. The molecule has 0 fully saturated rings. The molecular weight excluding hydrogens is 281 g/mol. The first-order valence-corrected chi connectivity index (χ1v) is 7.90. The summed E-state index contributed by atoms with van der Waals surface area (Å²) >= 11 is 0. The molecule has 0 amide bonds. The molecule has 1 rings (SSSR count). The summed E-state index contributed by atoms with van der Waals surface area (Å²) in [5.41, 5.74) is 0.847. The van der Waals surface area contributed by atoms with E-state index in [1.807, 2.05) is 6.07 Å². The zero-order valence-electron chi connectivity index (χ0n) is 14.1. The van der Waals surface area contributed by atoms with Gasteiger partial charge in [0, 0.05) is 19.6 Å². The van der Waals surface area contributed by atoms with Crippen molar-refractivity contribution >= 4 is 5.96 Å². The van der Waals surface area contributed by atoms with E-state index in [1.54, 1.807) is 13.1 Å². The van der Waals surface area contributed by atoms with Crippen LogP contribution < -0.4 is 15.4 Å². The third kappa shape index (κ3) is 6.33. The van der Waals surface area contributed by atoms with Crippen LogP contribution in [0, 0.1) is 5.82 Å². The maximum absolute atomic E-state index is 13.6. The topological polar surface area (TPSA) is 45.7 Å². The number of benzene rings is 1. The lowest BCUT2D eigenvalue weighted by atomic mass is 10.1. The van der Waals surface area contributed by atoms with Gasteiger partial charge < -0.3 is 15.4 Å². The average Bonchev–Trinajstić information content (AvgIpc) is 2.51. The zero-order valence-corrected chi connectivity index (χ0v) is 14.1. The van der Waals surface area contributed by atoms with Crippen LogP contribution in [0.2, 0.25) is 0 Å². The molecule has 0 radical (unpaired) electrons. The van der Waals surface area contributed by atoms with Crippen molar-refractivity contribution in [2.24, 2.45) is 4.99 Å². The molecule has 1 unspecified atom stereocenters. The van der Waals surface area contributed by atoms with Crippen molar-refractivity contribution in [3.63, 3.8) is 0 Å². The fourth-order valence-electron chi connectivity index (χ4n) is 2.21. The van der Waals surface area contributed by atoms with E-state index in [1.165, 1.54) is 32.4 Å². The third-order valence-electron chi connectivity index (χ3n) is 3.52. The van der Waals surface area contributed by atoms with Crippen molar-refractivity contribution in [2.75, 3.05) is 14.2 Å². The molecule has 0 spiro atoms. The number of methoxy groups -OCH3 is 1. The van der Waals surface area contributed by atoms with Gasteiger partial charge in [0.15, 0.2) is 17.5 Å². The largest absolute Gasteiger partial charge is 0.494 e. The standard InChI is InChI=1S/C17H28FN3O/c1-5-6-7-8-13(2)21-17(19-3)20-12-14-9-10-16(22-4)15(18)11-14/h9-11,13H,5-8,12H2,1-4H3,(H2,19,20,21). The second-order valence-corrected chi connectivity index (χ2v) is 5.44. The smallest absolute Gasteiger partial charge is 0.191 e. The lowest BCUT2D eigenvalue weighted by molar-refractivity contribution is 0.386. The number of aliphatic imine (C=N–C) groups is 1. The molecule has 1 atom stereocenters. The van der Waals surface area contributed by atoms with Gasteiger partial charge in [0.2, 0.25) is 0 Å². The number of guanidine groups is 1. The fraction of sp³-hybridized carbons (Fsp3) is 0.588. The first-order chi connectivity index (χ1) is 10.6. The number of rotatable bonds is 8. The lowest BCUT2D eigenvalue weighted by Gasteiger charge is -2.18. The van der Waals surface area contributed by atoms with Crippen LogP contribution in [0.3, 0.4) is 0 Å². The van der Waals surface area contributed by atoms with E-state index in [2.05, 4.69) is 29.5 Å². The van der Waals surface area contributed by atoms with Gasteiger partial charge in [0.1, 0.15) is 0 Å². The first-order valence-electron chi connectivity index (χ1n) is 7.90. The summed E-state index contributed by atoms with van der Waals surface area (Å²) < 4.78 is 18.6. The first kappa shape index (κ1) is 18.3. The highest BCUT2D eigenvalue weighted by Crippen LogP contribution is 2.17. The minimum atomic E-state index is -0.349. The highest BCUT2D eigenvalue weighted by atomic mass is 19.1. The van der Waals surface area contributed by atoms with Crippen molar-refractivity contribution in [2.45, 2.75) is 52.1 Å². The third-order valence-corrected chi connectivity index (χ3v) is 3.52. The van der Waals surface area contributed by atoms with Crippen LogP contribution >= 0.6 is 0 Å². The van der Waals surface area contributed by atoms with Gasteiger partial charge >= 0.3 is 0 Å². The molecule has 2 N–H and O–H groups in total. The van der Waals surface area contributed by atoms with Gasteiger partial charge in [0.05, 0.1) is 7.11 Å². The molecule has 1 aromatic rings. The molecule has 0 aliphatic heterocycles. The van der Waals surface area contributed by atoms with E-state index < -0.39 is 0 Å². The average molecular weight is 309 g/mol. The Labute approximate surface area is 133 Å². The molecular formula is C17H28FN3O. The van der Waals surface area contributed by atoms with E-state index in [0.717, 1.165) is 17.9 Å². The SMILES string of the molecule is CCCCCC(C)NC(=NC)NCc1ccc(OC)c(F)c1. The molecule has 22 heavy (non-hydrogen) atoms. The summed E-state index contributed by atoms with van der Waals surface area (Å²) in [5, 5.41) is 6.56. The summed E-state index contributed by atoms with van der Waals surface area (Å²) in [7, 11) is 3.20. The Morgan fingerprint density at radius 2 is 2.14 bits per heavy atom. The van der Waals surface area contributed by atoms with Gasteiger partial charge in [-0.05, 0) is 31.0 Å². The molecule has 0 heterocycles. The Bertz CT molecular complexity index is 477. The molecule has 5 heteroatoms. The summed E-state index contributed by atoms with van der Waals surface area (Å²) in [5.74, 6) is 0.647. The van der Waals surface area contributed by atoms with Gasteiger partial charge in [-0.25, -0.2) is 4.39 Å². The van der Waals surface area contributed by atoms with Gasteiger partial charge in [-0.1, -0.05) is 32.3 Å². The number of unbranched alkanes of at least 4 members (excludes halogenated alkanes) is 2. The van der Waals surface area contributed by atoms with Gasteiger partial charge in [0.25, 0.3) is 0 Å². The van der Waals surface area contributed by atoms with E-state index in [0.29, 0.717) is 12.6 Å². The minimum Gasteiger partial charge on any atom is -0.494 e. The van der Waals surface area contributed by atoms with Crippen molar-refractivity contribution in [3.8, 4) is 5.75 Å². The Balaban J connectivity index is 2.45. The number of hydrogen-bond acceptors (Lipinski definition) is 2. The van der Waals surface area contributed by atoms with Crippen molar-refractivity contribution in [1.29, 1.82) is 0 Å². The Morgan fingerprint density at radius 1 is 1.36 bits per heavy atom. The Kier molecular flexibility index (Phi) is 8.33. The maximum atomic E-state index is 13.6. The van der Waals surface area contributed by atoms with Crippen LogP contribution in [0.1, 0.15) is 45.1 Å². The lowest BCUT2D eigenvalue weighted by Crippen LogP contribution is -2.41. The van der Waals surface area contributed by atoms with Gasteiger partial charge in [-0.3, -0.25) is 4.99 Å². The Morgan fingerprint density at radius 3 is 2.73 bits per heavy atom. The molecule has 4 nitrogen and oxygen atoms in total. The number of halogens is 1. The Hall–Kier alpha value is -1.78. The molecule has 0 bridgehead atoms. The van der Waals surface area contributed by atoms with E-state index >= 15 is 0 Å². The maximum Gasteiger partial charge on any atom is 0.191 e. The normalized spacial score (nSPS) is 12.9. The van der Waals surface area contributed by atoms with Crippen LogP contribution in [0.4, 0.5) is 4.39 Å². The van der Waals surface area contributed by atoms with Crippen molar-refractivity contribution < 1.29 is 9.13 Å². The summed E-state index contributed by atoms with van der Waals surface area (Å²) in [6.45, 7) is 4.87. The molecule has 0 saturated heterocycles. The highest BCUT2D eigenvalue weighted by molar-refractivity contribution is 5.79. The molecule has 0 aliphatic carbocycles. The molecule has 1 aromatic carbocycles. The minimum absolute atomic E-state index is 0.260. The highest BCUT2D eigenvalue weighted by Gasteiger charge is 2.06. The van der Waals surface area contributed by atoms with Gasteiger partial charge in [-0.15, -0.1) is 0 Å². The van der Waals surface area contributed by atoms with Crippen LogP contribution in [0.25, 0.3) is 0 Å². The van der Waals surface area contributed by atoms with Crippen LogP contribution in [0.5, 0.6) is 5.75 Å². The predicted octanol–water partition coefficient (Wildman–Crippen LogP) is 3.47. The van der Waals surface area contributed by atoms with Crippen LogP contribution in [-0.4, -0.2) is 26.2 Å². The number of hydrogen-bond donors (Lipinski definition) is 2. The summed E-state index contributed by atoms with van der Waals surface area (Å²) in [6, 6.07) is 5.32. The number of nitrogens with one attached hydrogen (secondary N) is 2. The van der Waals surface area contributed by atoms with Crippen molar-refractivity contribution in [1.82, 2.24) is 10.6 Å². The molecule has 0 aliphatic rings. The second-order valence-electron chi connectivity index (χ2n) is 5.44. The van der Waals surface area contributed by atoms with Crippen LogP contribution in [0.15, 0.2) is 23.2 Å². The summed E-state index contributed by atoms with van der Waals surface area (Å²) in [6.07, 6.45) is 4.81. The fourth-order valence-corrected chi connectivity index (χ4v) is 2.21. The molecule has 0 saturated carbocycles.